The van der Waals surface area contributed by atoms with E-state index in [-0.39, 0.29) is 30.7 Å². The number of aromatic nitrogens is 2. The van der Waals surface area contributed by atoms with E-state index in [4.69, 9.17) is 0 Å². The van der Waals surface area contributed by atoms with Gasteiger partial charge in [-0.3, -0.25) is 14.4 Å². The lowest BCUT2D eigenvalue weighted by Gasteiger charge is -2.39. The predicted octanol–water partition coefficient (Wildman–Crippen LogP) is 1.75. The molecule has 8 heteroatoms. The Bertz CT molecular complexity index is 515. The number of hydrogen-bond donors (Lipinski definition) is 1. The second-order valence-corrected chi connectivity index (χ2v) is 6.65. The molecule has 0 bridgehead atoms. The summed E-state index contributed by atoms with van der Waals surface area (Å²) in [5, 5.41) is 7.79. The lowest BCUT2D eigenvalue weighted by Crippen LogP contribution is -2.55. The van der Waals surface area contributed by atoms with Crippen molar-refractivity contribution in [3.05, 3.63) is 18.5 Å². The third kappa shape index (κ3) is 4.30. The van der Waals surface area contributed by atoms with Crippen molar-refractivity contribution in [3.63, 3.8) is 0 Å². The number of likely N-dealkylation sites (N-methyl/N-ethyl adjacent to an activating group) is 1. The monoisotopic (exact) mass is 391 g/mol. The molecular formula is C17H31Cl2N5O. The molecule has 0 spiro atoms. The highest BCUT2D eigenvalue weighted by molar-refractivity contribution is 5.86. The van der Waals surface area contributed by atoms with E-state index in [9.17, 15) is 4.79 Å². The number of hydrogen-bond acceptors (Lipinski definition) is 4. The molecule has 144 valence electrons. The predicted molar refractivity (Wildman–Crippen MR) is 105 cm³/mol. The molecule has 0 aromatic carbocycles. The van der Waals surface area contributed by atoms with Crippen LogP contribution in [0.5, 0.6) is 0 Å². The average Bonchev–Trinajstić information content (AvgIpc) is 3.28. The number of carbonyl (C=O) groups excluding carboxylic acids is 1. The molecule has 1 amide bonds. The van der Waals surface area contributed by atoms with E-state index in [2.05, 4.69) is 34.1 Å². The maximum atomic E-state index is 13.4. The van der Waals surface area contributed by atoms with Crippen LogP contribution in [0.25, 0.3) is 0 Å². The molecular weight excluding hydrogens is 361 g/mol. The number of nitrogens with one attached hydrogen (secondary N) is 1. The Morgan fingerprint density at radius 3 is 2.52 bits per heavy atom. The maximum absolute atomic E-state index is 13.4. The first kappa shape index (κ1) is 22.2. The zero-order valence-corrected chi connectivity index (χ0v) is 16.8. The molecule has 2 saturated heterocycles. The number of piperidine rings is 1. The minimum Gasteiger partial charge on any atom is -0.339 e. The Balaban J connectivity index is 0.00000156. The number of rotatable bonds is 5. The second-order valence-electron chi connectivity index (χ2n) is 6.65. The van der Waals surface area contributed by atoms with Crippen molar-refractivity contribution in [1.82, 2.24) is 24.9 Å². The molecule has 1 aromatic rings. The van der Waals surface area contributed by atoms with E-state index >= 15 is 0 Å². The van der Waals surface area contributed by atoms with Crippen LogP contribution in [0, 0.1) is 0 Å². The van der Waals surface area contributed by atoms with E-state index in [1.807, 2.05) is 16.9 Å². The highest BCUT2D eigenvalue weighted by Crippen LogP contribution is 2.31. The highest BCUT2D eigenvalue weighted by atomic mass is 35.5. The highest BCUT2D eigenvalue weighted by Gasteiger charge is 2.46. The van der Waals surface area contributed by atoms with Crippen LogP contribution >= 0.6 is 24.8 Å². The van der Waals surface area contributed by atoms with Crippen molar-refractivity contribution in [2.45, 2.75) is 44.7 Å². The summed E-state index contributed by atoms with van der Waals surface area (Å²) in [6.45, 7) is 9.98. The van der Waals surface area contributed by atoms with Crippen LogP contribution in [0.2, 0.25) is 0 Å². The van der Waals surface area contributed by atoms with Gasteiger partial charge >= 0.3 is 0 Å². The molecule has 2 fully saturated rings. The smallest absolute Gasteiger partial charge is 0.250 e. The minimum absolute atomic E-state index is 0. The third-order valence-corrected chi connectivity index (χ3v) is 5.55. The molecule has 3 rings (SSSR count). The van der Waals surface area contributed by atoms with Crippen LogP contribution < -0.4 is 5.32 Å². The van der Waals surface area contributed by atoms with Crippen molar-refractivity contribution in [2.24, 2.45) is 0 Å². The number of carbonyl (C=O) groups is 1. The summed E-state index contributed by atoms with van der Waals surface area (Å²) in [6.07, 6.45) is 6.45. The summed E-state index contributed by atoms with van der Waals surface area (Å²) in [7, 11) is 0. The molecule has 1 atom stereocenters. The molecule has 1 aromatic heterocycles. The molecule has 2 aliphatic heterocycles. The Hall–Kier alpha value is -0.820. The summed E-state index contributed by atoms with van der Waals surface area (Å²) in [6, 6.07) is 2.42. The standard InChI is InChI=1S/C17H29N5O.2ClH/c1-3-20(4-2)15-6-13-21(14-15)16(23)17(7-10-18-11-8-17)22-12-5-9-19-22;;/h5,9,12,15,18H,3-4,6-8,10-11,13-14H2,1-2H3;2*1H. The molecule has 0 saturated carbocycles. The van der Waals surface area contributed by atoms with Gasteiger partial charge < -0.3 is 10.2 Å². The molecule has 25 heavy (non-hydrogen) atoms. The van der Waals surface area contributed by atoms with Gasteiger partial charge in [0, 0.05) is 31.5 Å². The second kappa shape index (κ2) is 9.76. The zero-order chi connectivity index (χ0) is 16.3. The summed E-state index contributed by atoms with van der Waals surface area (Å²) in [4.78, 5) is 17.9. The molecule has 0 radical (unpaired) electrons. The Morgan fingerprint density at radius 2 is 1.96 bits per heavy atom. The van der Waals surface area contributed by atoms with Gasteiger partial charge in [-0.25, -0.2) is 0 Å². The molecule has 1 N–H and O–H groups in total. The van der Waals surface area contributed by atoms with E-state index in [0.717, 1.165) is 58.5 Å². The molecule has 2 aliphatic rings. The quantitative estimate of drug-likeness (QED) is 0.830. The van der Waals surface area contributed by atoms with Gasteiger partial charge in [-0.1, -0.05) is 13.8 Å². The van der Waals surface area contributed by atoms with Gasteiger partial charge in [0.2, 0.25) is 0 Å². The first-order valence-electron chi connectivity index (χ1n) is 8.95. The van der Waals surface area contributed by atoms with E-state index < -0.39 is 5.54 Å². The lowest BCUT2D eigenvalue weighted by molar-refractivity contribution is -0.142. The summed E-state index contributed by atoms with van der Waals surface area (Å²) < 4.78 is 1.90. The topological polar surface area (TPSA) is 53.4 Å². The van der Waals surface area contributed by atoms with E-state index in [0.29, 0.717) is 6.04 Å². The summed E-state index contributed by atoms with van der Waals surface area (Å²) >= 11 is 0. The van der Waals surface area contributed by atoms with Crippen LogP contribution in [0.15, 0.2) is 18.5 Å². The number of likely N-dealkylation sites (tertiary alicyclic amines) is 1. The van der Waals surface area contributed by atoms with E-state index in [1.165, 1.54) is 0 Å². The van der Waals surface area contributed by atoms with Gasteiger partial charge in [0.05, 0.1) is 0 Å². The normalized spacial score (nSPS) is 22.4. The SMILES string of the molecule is CCN(CC)C1CCN(C(=O)C2(n3cccn3)CCNCC2)C1.Cl.Cl. The van der Waals surface area contributed by atoms with Crippen molar-refractivity contribution in [3.8, 4) is 0 Å². The summed E-state index contributed by atoms with van der Waals surface area (Å²) in [5.41, 5.74) is -0.493. The largest absolute Gasteiger partial charge is 0.339 e. The molecule has 1 unspecified atom stereocenters. The van der Waals surface area contributed by atoms with Crippen LogP contribution in [-0.4, -0.2) is 70.8 Å². The fourth-order valence-corrected chi connectivity index (χ4v) is 4.16. The molecule has 0 aliphatic carbocycles. The Labute approximate surface area is 163 Å². The van der Waals surface area contributed by atoms with Gasteiger partial charge in [-0.15, -0.1) is 24.8 Å². The minimum atomic E-state index is -0.493. The lowest BCUT2D eigenvalue weighted by atomic mass is 9.87. The van der Waals surface area contributed by atoms with Gasteiger partial charge in [-0.2, -0.15) is 5.10 Å². The van der Waals surface area contributed by atoms with Crippen LogP contribution in [0.1, 0.15) is 33.1 Å². The van der Waals surface area contributed by atoms with Crippen molar-refractivity contribution >= 4 is 30.7 Å². The third-order valence-electron chi connectivity index (χ3n) is 5.55. The van der Waals surface area contributed by atoms with Crippen molar-refractivity contribution in [1.29, 1.82) is 0 Å². The first-order chi connectivity index (χ1) is 11.2. The number of halogens is 2. The average molecular weight is 392 g/mol. The van der Waals surface area contributed by atoms with E-state index in [1.54, 1.807) is 6.20 Å². The van der Waals surface area contributed by atoms with Crippen LogP contribution in [0.3, 0.4) is 0 Å². The summed E-state index contributed by atoms with van der Waals surface area (Å²) in [5.74, 6) is 0.261. The number of amides is 1. The Kier molecular flexibility index (Phi) is 8.68. The fraction of sp³-hybridized carbons (Fsp3) is 0.765. The van der Waals surface area contributed by atoms with Crippen LogP contribution in [-0.2, 0) is 10.3 Å². The fourth-order valence-electron chi connectivity index (χ4n) is 4.16. The van der Waals surface area contributed by atoms with Crippen molar-refractivity contribution < 1.29 is 4.79 Å². The van der Waals surface area contributed by atoms with Gasteiger partial charge in [0.15, 0.2) is 0 Å². The zero-order valence-electron chi connectivity index (χ0n) is 15.2. The van der Waals surface area contributed by atoms with Crippen molar-refractivity contribution in [2.75, 3.05) is 39.3 Å². The first-order valence-corrected chi connectivity index (χ1v) is 8.95. The maximum Gasteiger partial charge on any atom is 0.250 e. The van der Waals surface area contributed by atoms with Gasteiger partial charge in [0.1, 0.15) is 5.54 Å². The number of nitrogens with zero attached hydrogens (tertiary/aromatic N) is 4. The van der Waals surface area contributed by atoms with Gasteiger partial charge in [0.25, 0.3) is 5.91 Å². The Morgan fingerprint density at radius 1 is 1.28 bits per heavy atom. The molecule has 3 heterocycles. The molecule has 6 nitrogen and oxygen atoms in total. The van der Waals surface area contributed by atoms with Gasteiger partial charge in [-0.05, 0) is 51.5 Å². The van der Waals surface area contributed by atoms with Crippen LogP contribution in [0.4, 0.5) is 0 Å².